The van der Waals surface area contributed by atoms with E-state index in [1.165, 1.54) is 6.42 Å². The predicted molar refractivity (Wildman–Crippen MR) is 82.2 cm³/mol. The number of aromatic amines is 1. The first-order chi connectivity index (χ1) is 9.42. The van der Waals surface area contributed by atoms with E-state index in [4.69, 9.17) is 10.5 Å². The minimum absolute atomic E-state index is 0.169. The van der Waals surface area contributed by atoms with Crippen molar-refractivity contribution in [2.45, 2.75) is 59.5 Å². The van der Waals surface area contributed by atoms with E-state index in [1.54, 1.807) is 0 Å². The van der Waals surface area contributed by atoms with Crippen LogP contribution in [0.2, 0.25) is 0 Å². The Bertz CT molecular complexity index is 526. The molecule has 0 saturated heterocycles. The second kappa shape index (κ2) is 5.90. The monoisotopic (exact) mass is 278 g/mol. The maximum atomic E-state index is 11.8. The van der Waals surface area contributed by atoms with Crippen molar-refractivity contribution in [3.63, 3.8) is 0 Å². The van der Waals surface area contributed by atoms with Crippen LogP contribution in [-0.2, 0) is 6.42 Å². The molecule has 0 bridgehead atoms. The van der Waals surface area contributed by atoms with Gasteiger partial charge in [-0.15, -0.1) is 0 Å². The largest absolute Gasteiger partial charge is 0.488 e. The average molecular weight is 278 g/mol. The number of aromatic nitrogens is 1. The van der Waals surface area contributed by atoms with Crippen molar-refractivity contribution < 1.29 is 4.74 Å². The first-order valence-electron chi connectivity index (χ1n) is 7.60. The fourth-order valence-corrected chi connectivity index (χ4v) is 3.45. The van der Waals surface area contributed by atoms with Gasteiger partial charge < -0.3 is 15.5 Å². The van der Waals surface area contributed by atoms with Crippen molar-refractivity contribution in [3.8, 4) is 5.75 Å². The number of H-pyrrole nitrogens is 1. The second-order valence-electron chi connectivity index (χ2n) is 6.31. The van der Waals surface area contributed by atoms with Crippen molar-refractivity contribution in [2.75, 3.05) is 5.73 Å². The number of nitrogen functional groups attached to an aromatic ring is 1. The van der Waals surface area contributed by atoms with Gasteiger partial charge in [0.15, 0.2) is 5.75 Å². The van der Waals surface area contributed by atoms with Gasteiger partial charge >= 0.3 is 0 Å². The van der Waals surface area contributed by atoms with Gasteiger partial charge in [-0.1, -0.05) is 20.8 Å². The molecule has 0 aliphatic heterocycles. The Kier molecular flexibility index (Phi) is 4.41. The van der Waals surface area contributed by atoms with Gasteiger partial charge in [0.2, 0.25) is 0 Å². The van der Waals surface area contributed by atoms with Crippen LogP contribution in [0.5, 0.6) is 5.75 Å². The molecule has 3 N–H and O–H groups in total. The fraction of sp³-hybridized carbons (Fsp3) is 0.688. The summed E-state index contributed by atoms with van der Waals surface area (Å²) >= 11 is 0. The average Bonchev–Trinajstić information content (AvgIpc) is 2.34. The lowest BCUT2D eigenvalue weighted by Gasteiger charge is -2.32. The standard InChI is InChI=1S/C16H26N2O2/c1-5-13-11(4)18-16(19)14(17)15(13)20-12-7-9(2)6-10(3)8-12/h9-10,12H,5-8,17H2,1-4H3,(H,18,19)/t9-,10+,12?. The van der Waals surface area contributed by atoms with E-state index >= 15 is 0 Å². The summed E-state index contributed by atoms with van der Waals surface area (Å²) in [7, 11) is 0. The van der Waals surface area contributed by atoms with Crippen LogP contribution in [0.3, 0.4) is 0 Å². The van der Waals surface area contributed by atoms with Crippen LogP contribution in [0.15, 0.2) is 4.79 Å². The highest BCUT2D eigenvalue weighted by molar-refractivity contribution is 5.56. The highest BCUT2D eigenvalue weighted by Crippen LogP contribution is 2.34. The normalized spacial score (nSPS) is 26.5. The van der Waals surface area contributed by atoms with Crippen LogP contribution in [0.4, 0.5) is 5.69 Å². The summed E-state index contributed by atoms with van der Waals surface area (Å²) in [4.78, 5) is 14.6. The summed E-state index contributed by atoms with van der Waals surface area (Å²) in [6.45, 7) is 8.48. The molecule has 0 aromatic carbocycles. The van der Waals surface area contributed by atoms with Crippen LogP contribution in [0, 0.1) is 18.8 Å². The molecule has 3 atom stereocenters. The lowest BCUT2D eigenvalue weighted by Crippen LogP contribution is -2.30. The second-order valence-corrected chi connectivity index (χ2v) is 6.31. The summed E-state index contributed by atoms with van der Waals surface area (Å²) in [6, 6.07) is 0. The number of aryl methyl sites for hydroxylation is 1. The number of hydrogen-bond donors (Lipinski definition) is 2. The molecular formula is C16H26N2O2. The number of anilines is 1. The zero-order chi connectivity index (χ0) is 14.9. The molecule has 0 radical (unpaired) electrons. The molecule has 1 unspecified atom stereocenters. The Labute approximate surface area is 120 Å². The molecule has 1 heterocycles. The van der Waals surface area contributed by atoms with Crippen molar-refractivity contribution in [3.05, 3.63) is 21.6 Å². The summed E-state index contributed by atoms with van der Waals surface area (Å²) in [5.74, 6) is 1.94. The van der Waals surface area contributed by atoms with Gasteiger partial charge in [0.05, 0.1) is 6.10 Å². The van der Waals surface area contributed by atoms with Crippen molar-refractivity contribution in [2.24, 2.45) is 11.8 Å². The van der Waals surface area contributed by atoms with E-state index in [9.17, 15) is 4.79 Å². The van der Waals surface area contributed by atoms with E-state index < -0.39 is 0 Å². The molecule has 0 spiro atoms. The molecule has 0 amide bonds. The summed E-state index contributed by atoms with van der Waals surface area (Å²) in [5.41, 5.74) is 7.80. The number of ether oxygens (including phenoxy) is 1. The molecule has 4 nitrogen and oxygen atoms in total. The Morgan fingerprint density at radius 2 is 1.85 bits per heavy atom. The maximum absolute atomic E-state index is 11.8. The first kappa shape index (κ1) is 14.9. The van der Waals surface area contributed by atoms with Crippen LogP contribution < -0.4 is 16.0 Å². The molecule has 112 valence electrons. The molecule has 1 saturated carbocycles. The van der Waals surface area contributed by atoms with Gasteiger partial charge in [-0.25, -0.2) is 0 Å². The highest BCUT2D eigenvalue weighted by Gasteiger charge is 2.27. The van der Waals surface area contributed by atoms with Crippen LogP contribution in [0.1, 0.15) is 51.3 Å². The Balaban J connectivity index is 2.31. The Morgan fingerprint density at radius 1 is 1.25 bits per heavy atom. The van der Waals surface area contributed by atoms with Crippen LogP contribution in [0.25, 0.3) is 0 Å². The Hall–Kier alpha value is -1.45. The minimum Gasteiger partial charge on any atom is -0.488 e. The molecule has 4 heteroatoms. The fourth-order valence-electron chi connectivity index (χ4n) is 3.45. The zero-order valence-electron chi connectivity index (χ0n) is 13.0. The third-order valence-electron chi connectivity index (χ3n) is 4.29. The van der Waals surface area contributed by atoms with Gasteiger partial charge in [-0.2, -0.15) is 0 Å². The Morgan fingerprint density at radius 3 is 2.40 bits per heavy atom. The summed E-state index contributed by atoms with van der Waals surface area (Å²) in [5, 5.41) is 0. The lowest BCUT2D eigenvalue weighted by molar-refractivity contribution is 0.101. The third kappa shape index (κ3) is 3.00. The van der Waals surface area contributed by atoms with E-state index in [0.29, 0.717) is 17.6 Å². The summed E-state index contributed by atoms with van der Waals surface area (Å²) < 4.78 is 6.17. The number of hydrogen-bond acceptors (Lipinski definition) is 3. The van der Waals surface area contributed by atoms with Crippen LogP contribution >= 0.6 is 0 Å². The topological polar surface area (TPSA) is 68.1 Å². The molecule has 1 aromatic rings. The minimum atomic E-state index is -0.244. The number of rotatable bonds is 3. The molecule has 1 aromatic heterocycles. The molecule has 1 aliphatic rings. The SMILES string of the molecule is CCc1c(C)[nH]c(=O)c(N)c1OC1C[C@@H](C)C[C@@H](C)C1. The lowest BCUT2D eigenvalue weighted by atomic mass is 9.82. The molecule has 20 heavy (non-hydrogen) atoms. The first-order valence-corrected chi connectivity index (χ1v) is 7.60. The van der Waals surface area contributed by atoms with Gasteiger partial charge in [0.1, 0.15) is 5.69 Å². The molecule has 1 aliphatic carbocycles. The van der Waals surface area contributed by atoms with E-state index in [-0.39, 0.29) is 17.4 Å². The van der Waals surface area contributed by atoms with Gasteiger partial charge in [-0.3, -0.25) is 4.79 Å². The third-order valence-corrected chi connectivity index (χ3v) is 4.29. The summed E-state index contributed by atoms with van der Waals surface area (Å²) in [6.07, 6.45) is 4.31. The van der Waals surface area contributed by atoms with Gasteiger partial charge in [-0.05, 0) is 44.4 Å². The number of nitrogens with two attached hydrogens (primary N) is 1. The van der Waals surface area contributed by atoms with Crippen molar-refractivity contribution >= 4 is 5.69 Å². The van der Waals surface area contributed by atoms with Crippen molar-refractivity contribution in [1.82, 2.24) is 4.98 Å². The predicted octanol–water partition coefficient (Wildman–Crippen LogP) is 3.03. The van der Waals surface area contributed by atoms with E-state index in [0.717, 1.165) is 30.5 Å². The zero-order valence-corrected chi connectivity index (χ0v) is 13.0. The molecular weight excluding hydrogens is 252 g/mol. The number of pyridine rings is 1. The quantitative estimate of drug-likeness (QED) is 0.893. The number of nitrogens with one attached hydrogen (secondary N) is 1. The van der Waals surface area contributed by atoms with Crippen molar-refractivity contribution in [1.29, 1.82) is 0 Å². The molecule has 1 fully saturated rings. The van der Waals surface area contributed by atoms with E-state index in [2.05, 4.69) is 25.8 Å². The van der Waals surface area contributed by atoms with Gasteiger partial charge in [0.25, 0.3) is 5.56 Å². The van der Waals surface area contributed by atoms with E-state index in [1.807, 2.05) is 6.92 Å². The highest BCUT2D eigenvalue weighted by atomic mass is 16.5. The van der Waals surface area contributed by atoms with Crippen LogP contribution in [-0.4, -0.2) is 11.1 Å². The smallest absolute Gasteiger partial charge is 0.275 e. The van der Waals surface area contributed by atoms with Gasteiger partial charge in [0, 0.05) is 11.3 Å². The molecule has 2 rings (SSSR count). The maximum Gasteiger partial charge on any atom is 0.275 e.